The topological polar surface area (TPSA) is 64.3 Å². The van der Waals surface area contributed by atoms with Crippen LogP contribution in [0.1, 0.15) is 38.5 Å². The van der Waals surface area contributed by atoms with E-state index in [0.717, 1.165) is 12.8 Å². The van der Waals surface area contributed by atoms with Crippen molar-refractivity contribution >= 4 is 28.9 Å². The number of carbonyl (C=O) groups is 1. The first-order valence-corrected chi connectivity index (χ1v) is 7.49. The molecule has 1 fully saturated rings. The zero-order valence-electron chi connectivity index (χ0n) is 11.5. The van der Waals surface area contributed by atoms with Gasteiger partial charge in [-0.25, -0.2) is 0 Å². The van der Waals surface area contributed by atoms with Crippen LogP contribution in [0.5, 0.6) is 0 Å². The Morgan fingerprint density at radius 3 is 2.65 bits per heavy atom. The highest BCUT2D eigenvalue weighted by molar-refractivity contribution is 6.33. The molecule has 0 heterocycles. The zero-order valence-corrected chi connectivity index (χ0v) is 12.3. The number of nitrogens with two attached hydrogens (primary N) is 1. The molecule has 0 atom stereocenters. The van der Waals surface area contributed by atoms with Gasteiger partial charge in [0.25, 0.3) is 0 Å². The number of hydrogen-bond acceptors (Lipinski definition) is 3. The van der Waals surface area contributed by atoms with Gasteiger partial charge >= 0.3 is 0 Å². The normalized spacial score (nSPS) is 16.6. The van der Waals surface area contributed by atoms with E-state index >= 15 is 0 Å². The van der Waals surface area contributed by atoms with E-state index in [4.69, 9.17) is 22.1 Å². The van der Waals surface area contributed by atoms with Gasteiger partial charge in [-0.2, -0.15) is 0 Å². The molecule has 3 N–H and O–H groups in total. The molecular weight excluding hydrogens is 276 g/mol. The van der Waals surface area contributed by atoms with Crippen molar-refractivity contribution in [3.05, 3.63) is 23.2 Å². The highest BCUT2D eigenvalue weighted by Crippen LogP contribution is 2.22. The summed E-state index contributed by atoms with van der Waals surface area (Å²) in [5.74, 6) is -0.157. The molecule has 20 heavy (non-hydrogen) atoms. The Morgan fingerprint density at radius 2 is 2.00 bits per heavy atom. The van der Waals surface area contributed by atoms with Gasteiger partial charge in [0.05, 0.1) is 16.8 Å². The van der Waals surface area contributed by atoms with Gasteiger partial charge < -0.3 is 15.8 Å². The maximum Gasteiger partial charge on any atom is 0.250 e. The van der Waals surface area contributed by atoms with Crippen molar-refractivity contribution in [2.45, 2.75) is 44.6 Å². The first kappa shape index (κ1) is 15.1. The van der Waals surface area contributed by atoms with Gasteiger partial charge in [-0.3, -0.25) is 4.79 Å². The number of nitrogens with one attached hydrogen (secondary N) is 1. The molecule has 0 radical (unpaired) electrons. The van der Waals surface area contributed by atoms with Gasteiger partial charge in [0.1, 0.15) is 6.61 Å². The third-order valence-electron chi connectivity index (χ3n) is 3.53. The lowest BCUT2D eigenvalue weighted by Crippen LogP contribution is -2.23. The number of hydrogen-bond donors (Lipinski definition) is 2. The average molecular weight is 297 g/mol. The van der Waals surface area contributed by atoms with Gasteiger partial charge in [0.2, 0.25) is 5.91 Å². The maximum atomic E-state index is 11.8. The second-order valence-electron chi connectivity index (χ2n) is 5.21. The maximum absolute atomic E-state index is 11.8. The molecule has 0 spiro atoms. The summed E-state index contributed by atoms with van der Waals surface area (Å²) in [5.41, 5.74) is 6.78. The van der Waals surface area contributed by atoms with Crippen LogP contribution < -0.4 is 11.1 Å². The lowest BCUT2D eigenvalue weighted by molar-refractivity contribution is -0.122. The van der Waals surface area contributed by atoms with Crippen LogP contribution >= 0.6 is 11.6 Å². The van der Waals surface area contributed by atoms with Gasteiger partial charge in [0, 0.05) is 5.69 Å². The van der Waals surface area contributed by atoms with E-state index in [-0.39, 0.29) is 18.6 Å². The number of rotatable bonds is 4. The molecule has 1 aromatic carbocycles. The SMILES string of the molecule is Nc1cc(NC(=O)COC2CCCCCC2)ccc1Cl. The minimum Gasteiger partial charge on any atom is -0.397 e. The summed E-state index contributed by atoms with van der Waals surface area (Å²) in [4.78, 5) is 11.8. The Bertz CT molecular complexity index is 457. The van der Waals surface area contributed by atoms with Gasteiger partial charge in [0.15, 0.2) is 0 Å². The van der Waals surface area contributed by atoms with E-state index in [1.807, 2.05) is 0 Å². The molecule has 0 unspecified atom stereocenters. The minimum atomic E-state index is -0.157. The van der Waals surface area contributed by atoms with Crippen molar-refractivity contribution in [1.82, 2.24) is 0 Å². The van der Waals surface area contributed by atoms with Crippen LogP contribution in [0.15, 0.2) is 18.2 Å². The molecule has 2 rings (SSSR count). The molecule has 1 amide bonds. The zero-order chi connectivity index (χ0) is 14.4. The highest BCUT2D eigenvalue weighted by atomic mass is 35.5. The van der Waals surface area contributed by atoms with Crippen LogP contribution in [-0.4, -0.2) is 18.6 Å². The smallest absolute Gasteiger partial charge is 0.250 e. The van der Waals surface area contributed by atoms with Crippen molar-refractivity contribution in [3.63, 3.8) is 0 Å². The van der Waals surface area contributed by atoms with Crippen molar-refractivity contribution in [1.29, 1.82) is 0 Å². The first-order valence-electron chi connectivity index (χ1n) is 7.11. The molecule has 1 aromatic rings. The van der Waals surface area contributed by atoms with Crippen LogP contribution in [0.25, 0.3) is 0 Å². The number of nitrogen functional groups attached to an aromatic ring is 1. The molecule has 0 saturated heterocycles. The van der Waals surface area contributed by atoms with E-state index in [1.165, 1.54) is 25.7 Å². The number of halogens is 1. The summed E-state index contributed by atoms with van der Waals surface area (Å²) in [5, 5.41) is 3.25. The fraction of sp³-hybridized carbons (Fsp3) is 0.533. The fourth-order valence-corrected chi connectivity index (χ4v) is 2.54. The molecule has 1 saturated carbocycles. The molecule has 110 valence electrons. The molecule has 0 aliphatic heterocycles. The van der Waals surface area contributed by atoms with Crippen molar-refractivity contribution in [2.75, 3.05) is 17.7 Å². The third-order valence-corrected chi connectivity index (χ3v) is 3.88. The van der Waals surface area contributed by atoms with E-state index in [0.29, 0.717) is 16.4 Å². The Kier molecular flexibility index (Phi) is 5.68. The fourth-order valence-electron chi connectivity index (χ4n) is 2.42. The predicted octanol–water partition coefficient (Wildman–Crippen LogP) is 3.60. The summed E-state index contributed by atoms with van der Waals surface area (Å²) in [7, 11) is 0. The van der Waals surface area contributed by atoms with E-state index < -0.39 is 0 Å². The van der Waals surface area contributed by atoms with Crippen molar-refractivity contribution < 1.29 is 9.53 Å². The minimum absolute atomic E-state index is 0.0905. The summed E-state index contributed by atoms with van der Waals surface area (Å²) in [6.07, 6.45) is 7.27. The first-order chi connectivity index (χ1) is 9.65. The molecule has 0 aromatic heterocycles. The number of amides is 1. The molecule has 1 aliphatic carbocycles. The Morgan fingerprint density at radius 1 is 1.30 bits per heavy atom. The van der Waals surface area contributed by atoms with Crippen molar-refractivity contribution in [3.8, 4) is 0 Å². The molecular formula is C15H21ClN2O2. The average Bonchev–Trinajstić information content (AvgIpc) is 2.69. The third kappa shape index (κ3) is 4.69. The second-order valence-corrected chi connectivity index (χ2v) is 5.62. The Hall–Kier alpha value is -1.26. The summed E-state index contributed by atoms with van der Waals surface area (Å²) < 4.78 is 5.68. The quantitative estimate of drug-likeness (QED) is 0.659. The number of ether oxygens (including phenoxy) is 1. The molecule has 5 heteroatoms. The summed E-state index contributed by atoms with van der Waals surface area (Å²) >= 11 is 5.83. The molecule has 1 aliphatic rings. The summed E-state index contributed by atoms with van der Waals surface area (Å²) in [6.45, 7) is 0.0905. The largest absolute Gasteiger partial charge is 0.397 e. The predicted molar refractivity (Wildman–Crippen MR) is 81.9 cm³/mol. The lowest BCUT2D eigenvalue weighted by Gasteiger charge is -2.15. The van der Waals surface area contributed by atoms with Crippen LogP contribution in [0, 0.1) is 0 Å². The van der Waals surface area contributed by atoms with Crippen LogP contribution in [0.4, 0.5) is 11.4 Å². The number of anilines is 2. The number of carbonyl (C=O) groups excluding carboxylic acids is 1. The van der Waals surface area contributed by atoms with Gasteiger partial charge in [-0.05, 0) is 31.0 Å². The second kappa shape index (κ2) is 7.50. The van der Waals surface area contributed by atoms with Gasteiger partial charge in [-0.15, -0.1) is 0 Å². The van der Waals surface area contributed by atoms with Crippen LogP contribution in [0.2, 0.25) is 5.02 Å². The van der Waals surface area contributed by atoms with Crippen molar-refractivity contribution in [2.24, 2.45) is 0 Å². The monoisotopic (exact) mass is 296 g/mol. The Balaban J connectivity index is 1.78. The lowest BCUT2D eigenvalue weighted by atomic mass is 10.1. The Labute approximate surface area is 124 Å². The standard InChI is InChI=1S/C15H21ClN2O2/c16-13-8-7-11(9-14(13)17)18-15(19)10-20-12-5-3-1-2-4-6-12/h7-9,12H,1-6,10,17H2,(H,18,19). The number of benzene rings is 1. The van der Waals surface area contributed by atoms with E-state index in [2.05, 4.69) is 5.32 Å². The molecule has 0 bridgehead atoms. The van der Waals surface area contributed by atoms with Crippen LogP contribution in [0.3, 0.4) is 0 Å². The highest BCUT2D eigenvalue weighted by Gasteiger charge is 2.14. The van der Waals surface area contributed by atoms with E-state index in [9.17, 15) is 4.79 Å². The van der Waals surface area contributed by atoms with Crippen LogP contribution in [-0.2, 0) is 9.53 Å². The van der Waals surface area contributed by atoms with Gasteiger partial charge in [-0.1, -0.05) is 37.3 Å². The summed E-state index contributed by atoms with van der Waals surface area (Å²) in [6, 6.07) is 5.03. The molecule has 4 nitrogen and oxygen atoms in total. The van der Waals surface area contributed by atoms with E-state index in [1.54, 1.807) is 18.2 Å².